The second kappa shape index (κ2) is 7.57. The van der Waals surface area contributed by atoms with Gasteiger partial charge in [-0.15, -0.1) is 0 Å². The number of aromatic nitrogens is 2. The minimum Gasteiger partial charge on any atom is -0.495 e. The van der Waals surface area contributed by atoms with Gasteiger partial charge in [0.2, 0.25) is 0 Å². The zero-order valence-electron chi connectivity index (χ0n) is 14.0. The first-order valence-corrected chi connectivity index (χ1v) is 8.54. The summed E-state index contributed by atoms with van der Waals surface area (Å²) in [5.41, 5.74) is 2.30. The van der Waals surface area contributed by atoms with Crippen molar-refractivity contribution in [1.82, 2.24) is 14.7 Å². The Hall–Kier alpha value is -2.54. The van der Waals surface area contributed by atoms with Gasteiger partial charge in [-0.05, 0) is 40.2 Å². The maximum absolute atomic E-state index is 12.4. The molecule has 3 aromatic rings. The number of amides is 1. The van der Waals surface area contributed by atoms with Crippen LogP contribution < -0.4 is 14.8 Å². The molecule has 0 aliphatic rings. The lowest BCUT2D eigenvalue weighted by Crippen LogP contribution is -2.25. The molecule has 0 bridgehead atoms. The van der Waals surface area contributed by atoms with Crippen molar-refractivity contribution in [3.05, 3.63) is 58.5 Å². The number of rotatable bonds is 6. The van der Waals surface area contributed by atoms with E-state index in [1.54, 1.807) is 26.4 Å². The number of ether oxygens (including phenoxy) is 2. The van der Waals surface area contributed by atoms with Gasteiger partial charge in [0.25, 0.3) is 5.91 Å². The number of halogens is 1. The third-order valence-corrected chi connectivity index (χ3v) is 4.57. The van der Waals surface area contributed by atoms with E-state index in [9.17, 15) is 4.79 Å². The normalized spacial score (nSPS) is 10.7. The van der Waals surface area contributed by atoms with E-state index in [0.717, 1.165) is 11.3 Å². The van der Waals surface area contributed by atoms with Crippen molar-refractivity contribution in [2.45, 2.75) is 6.42 Å². The van der Waals surface area contributed by atoms with E-state index >= 15 is 0 Å². The quantitative estimate of drug-likeness (QED) is 0.686. The van der Waals surface area contributed by atoms with Crippen LogP contribution in [0.1, 0.15) is 16.1 Å². The number of pyridine rings is 1. The summed E-state index contributed by atoms with van der Waals surface area (Å²) in [6.45, 7) is 0.489. The largest absolute Gasteiger partial charge is 0.495 e. The number of methoxy groups -OCH3 is 2. The van der Waals surface area contributed by atoms with Crippen molar-refractivity contribution in [3.8, 4) is 11.5 Å². The summed E-state index contributed by atoms with van der Waals surface area (Å²) in [6, 6.07) is 9.19. The number of carbonyl (C=O) groups is 1. The minimum atomic E-state index is -0.187. The second-order valence-electron chi connectivity index (χ2n) is 5.40. The number of carbonyl (C=O) groups excluding carboxylic acids is 1. The highest BCUT2D eigenvalue weighted by Gasteiger charge is 2.14. The maximum Gasteiger partial charge on any atom is 0.251 e. The Morgan fingerprint density at radius 1 is 1.24 bits per heavy atom. The summed E-state index contributed by atoms with van der Waals surface area (Å²) >= 11 is 3.39. The highest BCUT2D eigenvalue weighted by molar-refractivity contribution is 9.10. The average Bonchev–Trinajstić information content (AvgIpc) is 3.04. The molecule has 0 spiro atoms. The lowest BCUT2D eigenvalue weighted by Gasteiger charge is -2.11. The molecule has 0 radical (unpaired) electrons. The first-order valence-electron chi connectivity index (χ1n) is 7.74. The van der Waals surface area contributed by atoms with Crippen LogP contribution in [0, 0.1) is 0 Å². The molecule has 6 nitrogen and oxygen atoms in total. The zero-order valence-corrected chi connectivity index (χ0v) is 15.5. The highest BCUT2D eigenvalue weighted by atomic mass is 79.9. The molecule has 0 aliphatic heterocycles. The zero-order chi connectivity index (χ0) is 17.8. The third-order valence-electron chi connectivity index (χ3n) is 3.79. The number of fused-ring (bicyclic) bond motifs is 1. The van der Waals surface area contributed by atoms with Crippen molar-refractivity contribution in [2.24, 2.45) is 0 Å². The monoisotopic (exact) mass is 403 g/mol. The third kappa shape index (κ3) is 3.76. The van der Waals surface area contributed by atoms with Crippen LogP contribution >= 0.6 is 15.9 Å². The Morgan fingerprint density at radius 2 is 1.96 bits per heavy atom. The number of nitrogens with one attached hydrogen (secondary N) is 1. The van der Waals surface area contributed by atoms with Crippen LogP contribution in [0.3, 0.4) is 0 Å². The Labute approximate surface area is 153 Å². The van der Waals surface area contributed by atoms with Crippen molar-refractivity contribution >= 4 is 27.5 Å². The number of hydrogen-bond acceptors (Lipinski definition) is 4. The van der Waals surface area contributed by atoms with Crippen LogP contribution in [0.5, 0.6) is 11.5 Å². The number of nitrogens with zero attached hydrogens (tertiary/aromatic N) is 2. The van der Waals surface area contributed by atoms with Crippen LogP contribution in [0.4, 0.5) is 0 Å². The van der Waals surface area contributed by atoms with Crippen molar-refractivity contribution in [2.75, 3.05) is 20.8 Å². The average molecular weight is 404 g/mol. The fraction of sp³-hybridized carbons (Fsp3) is 0.222. The number of benzene rings is 1. The molecule has 7 heteroatoms. The fourth-order valence-electron chi connectivity index (χ4n) is 2.51. The molecule has 130 valence electrons. The lowest BCUT2D eigenvalue weighted by atomic mass is 10.2. The van der Waals surface area contributed by atoms with E-state index in [-0.39, 0.29) is 5.91 Å². The van der Waals surface area contributed by atoms with E-state index < -0.39 is 0 Å². The van der Waals surface area contributed by atoms with Crippen LogP contribution in [0.15, 0.2) is 47.2 Å². The molecule has 1 N–H and O–H groups in total. The predicted molar refractivity (Wildman–Crippen MR) is 98.5 cm³/mol. The lowest BCUT2D eigenvalue weighted by molar-refractivity contribution is 0.0953. The van der Waals surface area contributed by atoms with E-state index in [1.165, 1.54) is 0 Å². The van der Waals surface area contributed by atoms with Gasteiger partial charge in [-0.1, -0.05) is 6.07 Å². The summed E-state index contributed by atoms with van der Waals surface area (Å²) in [7, 11) is 3.09. The van der Waals surface area contributed by atoms with Crippen LogP contribution in [-0.2, 0) is 6.42 Å². The summed E-state index contributed by atoms with van der Waals surface area (Å²) in [5.74, 6) is 0.905. The predicted octanol–water partition coefficient (Wildman–Crippen LogP) is 3.09. The van der Waals surface area contributed by atoms with Gasteiger partial charge in [0.05, 0.1) is 19.9 Å². The molecule has 0 aliphatic carbocycles. The molecule has 0 saturated carbocycles. The minimum absolute atomic E-state index is 0.187. The van der Waals surface area contributed by atoms with E-state index in [0.29, 0.717) is 34.5 Å². The molecule has 1 amide bonds. The molecule has 2 aromatic heterocycles. The van der Waals surface area contributed by atoms with E-state index in [2.05, 4.69) is 26.2 Å². The molecule has 3 rings (SSSR count). The van der Waals surface area contributed by atoms with Crippen molar-refractivity contribution < 1.29 is 14.3 Å². The maximum atomic E-state index is 12.4. The number of imidazole rings is 1. The molecule has 2 heterocycles. The molecule has 1 aromatic carbocycles. The van der Waals surface area contributed by atoms with Gasteiger partial charge in [0.15, 0.2) is 0 Å². The van der Waals surface area contributed by atoms with E-state index in [1.807, 2.05) is 35.0 Å². The summed E-state index contributed by atoms with van der Waals surface area (Å²) in [4.78, 5) is 16.9. The van der Waals surface area contributed by atoms with Crippen LogP contribution in [0.2, 0.25) is 0 Å². The molecule has 0 atom stereocenters. The van der Waals surface area contributed by atoms with Gasteiger partial charge in [-0.25, -0.2) is 4.98 Å². The fourth-order valence-corrected chi connectivity index (χ4v) is 3.07. The summed E-state index contributed by atoms with van der Waals surface area (Å²) < 4.78 is 13.2. The number of hydrogen-bond donors (Lipinski definition) is 1. The first kappa shape index (κ1) is 17.3. The smallest absolute Gasteiger partial charge is 0.251 e. The Balaban J connectivity index is 1.66. The molecule has 0 fully saturated rings. The Kier molecular flexibility index (Phi) is 5.23. The van der Waals surface area contributed by atoms with Crippen LogP contribution in [0.25, 0.3) is 5.65 Å². The standard InChI is InChI=1S/C18H18BrN3O3/c1-24-14-9-12(10-15(25-2)17(14)19)18(23)20-7-6-13-11-22-8-4-3-5-16(22)21-13/h3-5,8-11H,6-7H2,1-2H3,(H,20,23). The van der Waals surface area contributed by atoms with Gasteiger partial charge in [0.1, 0.15) is 21.6 Å². The van der Waals surface area contributed by atoms with Crippen LogP contribution in [-0.4, -0.2) is 36.1 Å². The van der Waals surface area contributed by atoms with Gasteiger partial charge in [-0.2, -0.15) is 0 Å². The SMILES string of the molecule is COc1cc(C(=O)NCCc2cn3ccccc3n2)cc(OC)c1Br. The van der Waals surface area contributed by atoms with Crippen molar-refractivity contribution in [1.29, 1.82) is 0 Å². The van der Waals surface area contributed by atoms with E-state index in [4.69, 9.17) is 9.47 Å². The van der Waals surface area contributed by atoms with Gasteiger partial charge < -0.3 is 19.2 Å². The molecular formula is C18H18BrN3O3. The first-order chi connectivity index (χ1) is 12.1. The molecule has 0 unspecified atom stereocenters. The second-order valence-corrected chi connectivity index (χ2v) is 6.19. The summed E-state index contributed by atoms with van der Waals surface area (Å²) in [5, 5.41) is 2.90. The molecular weight excluding hydrogens is 386 g/mol. The van der Waals surface area contributed by atoms with Gasteiger partial charge in [0, 0.05) is 30.9 Å². The topological polar surface area (TPSA) is 64.9 Å². The van der Waals surface area contributed by atoms with Gasteiger partial charge in [-0.3, -0.25) is 4.79 Å². The van der Waals surface area contributed by atoms with Gasteiger partial charge >= 0.3 is 0 Å². The summed E-state index contributed by atoms with van der Waals surface area (Å²) in [6.07, 6.45) is 4.57. The highest BCUT2D eigenvalue weighted by Crippen LogP contribution is 2.35. The Bertz CT molecular complexity index is 849. The molecule has 0 saturated heterocycles. The molecule has 25 heavy (non-hydrogen) atoms. The van der Waals surface area contributed by atoms with Crippen molar-refractivity contribution in [3.63, 3.8) is 0 Å². The Morgan fingerprint density at radius 3 is 2.60 bits per heavy atom.